The Hall–Kier alpha value is 0.230. The molecule has 2 atom stereocenters. The van der Waals surface area contributed by atoms with Crippen LogP contribution in [0.25, 0.3) is 0 Å². The maximum atomic E-state index is 5.68. The summed E-state index contributed by atoms with van der Waals surface area (Å²) in [6.07, 6.45) is 5.36. The molecule has 0 aromatic carbocycles. The van der Waals surface area contributed by atoms with Gasteiger partial charge in [-0.3, -0.25) is 0 Å². The molecule has 4 heteroatoms. The lowest BCUT2D eigenvalue weighted by Crippen LogP contribution is -2.38. The van der Waals surface area contributed by atoms with Crippen molar-refractivity contribution in [2.45, 2.75) is 50.0 Å². The van der Waals surface area contributed by atoms with Gasteiger partial charge in [0.25, 0.3) is 0 Å². The van der Waals surface area contributed by atoms with Crippen molar-refractivity contribution >= 4 is 11.8 Å². The van der Waals surface area contributed by atoms with Gasteiger partial charge in [0.2, 0.25) is 0 Å². The van der Waals surface area contributed by atoms with E-state index in [1.54, 1.807) is 0 Å². The molecular weight excluding hydrogens is 234 g/mol. The van der Waals surface area contributed by atoms with Crippen molar-refractivity contribution in [2.24, 2.45) is 0 Å². The molecule has 1 N–H and O–H groups in total. The first-order valence-corrected chi connectivity index (χ1v) is 7.95. The number of ether oxygens (including phenoxy) is 2. The summed E-state index contributed by atoms with van der Waals surface area (Å²) in [7, 11) is 0. The van der Waals surface area contributed by atoms with Gasteiger partial charge in [-0.2, -0.15) is 11.8 Å². The average molecular weight is 259 g/mol. The molecule has 2 fully saturated rings. The molecule has 2 unspecified atom stereocenters. The molecule has 0 aromatic rings. The highest BCUT2D eigenvalue weighted by Gasteiger charge is 2.21. The second kappa shape index (κ2) is 7.62. The van der Waals surface area contributed by atoms with Crippen LogP contribution in [0.4, 0.5) is 0 Å². The van der Waals surface area contributed by atoms with Crippen LogP contribution in [0.5, 0.6) is 0 Å². The van der Waals surface area contributed by atoms with Crippen LogP contribution in [-0.4, -0.2) is 49.5 Å². The minimum absolute atomic E-state index is 0.447. The highest BCUT2D eigenvalue weighted by molar-refractivity contribution is 7.99. The Morgan fingerprint density at radius 1 is 1.24 bits per heavy atom. The molecule has 2 heterocycles. The van der Waals surface area contributed by atoms with Crippen LogP contribution in [0, 0.1) is 0 Å². The minimum atomic E-state index is 0.447. The normalized spacial score (nSPS) is 28.4. The van der Waals surface area contributed by atoms with E-state index >= 15 is 0 Å². The maximum Gasteiger partial charge on any atom is 0.0726 e. The SMILES string of the molecule is CC(NCCSC1CCOCC1)C1CCCO1. The lowest BCUT2D eigenvalue weighted by Gasteiger charge is -2.23. The standard InChI is InChI=1S/C13H25NO2S/c1-11(13-3-2-7-16-13)14-6-10-17-12-4-8-15-9-5-12/h11-14H,2-10H2,1H3. The first-order valence-electron chi connectivity index (χ1n) is 6.90. The van der Waals surface area contributed by atoms with E-state index in [2.05, 4.69) is 24.0 Å². The zero-order valence-corrected chi connectivity index (χ0v) is 11.6. The Morgan fingerprint density at radius 2 is 2.06 bits per heavy atom. The van der Waals surface area contributed by atoms with Gasteiger partial charge in [0, 0.05) is 43.4 Å². The van der Waals surface area contributed by atoms with Gasteiger partial charge in [-0.15, -0.1) is 0 Å². The van der Waals surface area contributed by atoms with Crippen LogP contribution in [0.2, 0.25) is 0 Å². The summed E-state index contributed by atoms with van der Waals surface area (Å²) in [4.78, 5) is 0. The molecule has 0 bridgehead atoms. The summed E-state index contributed by atoms with van der Waals surface area (Å²) >= 11 is 2.10. The molecule has 2 aliphatic rings. The van der Waals surface area contributed by atoms with E-state index in [4.69, 9.17) is 9.47 Å². The summed E-state index contributed by atoms with van der Waals surface area (Å²) in [5.41, 5.74) is 0. The van der Waals surface area contributed by atoms with Gasteiger partial charge in [0.1, 0.15) is 0 Å². The highest BCUT2D eigenvalue weighted by Crippen LogP contribution is 2.21. The van der Waals surface area contributed by atoms with Crippen molar-refractivity contribution in [3.63, 3.8) is 0 Å². The average Bonchev–Trinajstić information content (AvgIpc) is 2.89. The van der Waals surface area contributed by atoms with E-state index in [-0.39, 0.29) is 0 Å². The Bertz CT molecular complexity index is 204. The molecule has 2 saturated heterocycles. The molecule has 3 nitrogen and oxygen atoms in total. The zero-order valence-electron chi connectivity index (χ0n) is 10.8. The number of hydrogen-bond donors (Lipinski definition) is 1. The van der Waals surface area contributed by atoms with E-state index in [1.165, 1.54) is 31.4 Å². The Kier molecular flexibility index (Phi) is 6.12. The minimum Gasteiger partial charge on any atom is -0.381 e. The third-order valence-corrected chi connectivity index (χ3v) is 5.00. The van der Waals surface area contributed by atoms with Crippen molar-refractivity contribution in [1.29, 1.82) is 0 Å². The van der Waals surface area contributed by atoms with Crippen LogP contribution in [-0.2, 0) is 9.47 Å². The summed E-state index contributed by atoms with van der Waals surface area (Å²) < 4.78 is 11.0. The van der Waals surface area contributed by atoms with Gasteiger partial charge in [0.05, 0.1) is 6.10 Å². The number of rotatable bonds is 6. The Labute approximate surface area is 109 Å². The van der Waals surface area contributed by atoms with Crippen LogP contribution in [0.15, 0.2) is 0 Å². The van der Waals surface area contributed by atoms with Crippen molar-refractivity contribution in [1.82, 2.24) is 5.32 Å². The lowest BCUT2D eigenvalue weighted by atomic mass is 10.1. The molecule has 0 spiro atoms. The van der Waals surface area contributed by atoms with Gasteiger partial charge < -0.3 is 14.8 Å². The van der Waals surface area contributed by atoms with Gasteiger partial charge in [-0.1, -0.05) is 0 Å². The quantitative estimate of drug-likeness (QED) is 0.740. The van der Waals surface area contributed by atoms with Crippen molar-refractivity contribution in [3.8, 4) is 0 Å². The first-order chi connectivity index (χ1) is 8.36. The Balaban J connectivity index is 1.50. The molecular formula is C13H25NO2S. The summed E-state index contributed by atoms with van der Waals surface area (Å²) in [5.74, 6) is 1.21. The predicted octanol–water partition coefficient (Wildman–Crippen LogP) is 2.06. The van der Waals surface area contributed by atoms with Crippen molar-refractivity contribution in [3.05, 3.63) is 0 Å². The zero-order chi connectivity index (χ0) is 11.9. The molecule has 100 valence electrons. The van der Waals surface area contributed by atoms with E-state index in [1.807, 2.05) is 0 Å². The monoisotopic (exact) mass is 259 g/mol. The second-order valence-corrected chi connectivity index (χ2v) is 6.39. The smallest absolute Gasteiger partial charge is 0.0726 e. The largest absolute Gasteiger partial charge is 0.381 e. The molecule has 0 aliphatic carbocycles. The summed E-state index contributed by atoms with van der Waals surface area (Å²) in [6.45, 7) is 6.21. The van der Waals surface area contributed by atoms with E-state index in [0.717, 1.165) is 31.6 Å². The van der Waals surface area contributed by atoms with Gasteiger partial charge >= 0.3 is 0 Å². The fourth-order valence-electron chi connectivity index (χ4n) is 2.48. The molecule has 2 rings (SSSR count). The fourth-order valence-corrected chi connectivity index (χ4v) is 3.58. The number of hydrogen-bond acceptors (Lipinski definition) is 4. The summed E-state index contributed by atoms with van der Waals surface area (Å²) in [5, 5.41) is 4.41. The van der Waals surface area contributed by atoms with E-state index < -0.39 is 0 Å². The molecule has 0 saturated carbocycles. The summed E-state index contributed by atoms with van der Waals surface area (Å²) in [6, 6.07) is 0.507. The molecule has 2 aliphatic heterocycles. The molecule has 0 radical (unpaired) electrons. The van der Waals surface area contributed by atoms with E-state index in [0.29, 0.717) is 12.1 Å². The molecule has 17 heavy (non-hydrogen) atoms. The van der Waals surface area contributed by atoms with Gasteiger partial charge in [-0.05, 0) is 32.6 Å². The van der Waals surface area contributed by atoms with Crippen molar-refractivity contribution < 1.29 is 9.47 Å². The van der Waals surface area contributed by atoms with Crippen LogP contribution in [0.3, 0.4) is 0 Å². The van der Waals surface area contributed by atoms with Gasteiger partial charge in [0.15, 0.2) is 0 Å². The second-order valence-electron chi connectivity index (χ2n) is 4.98. The third kappa shape index (κ3) is 4.78. The lowest BCUT2D eigenvalue weighted by molar-refractivity contribution is 0.0844. The van der Waals surface area contributed by atoms with Gasteiger partial charge in [-0.25, -0.2) is 0 Å². The van der Waals surface area contributed by atoms with Crippen molar-refractivity contribution in [2.75, 3.05) is 32.1 Å². The third-order valence-electron chi connectivity index (χ3n) is 3.61. The topological polar surface area (TPSA) is 30.5 Å². The maximum absolute atomic E-state index is 5.68. The molecule has 0 aromatic heterocycles. The predicted molar refractivity (Wildman–Crippen MR) is 72.7 cm³/mol. The first kappa shape index (κ1) is 13.7. The van der Waals surface area contributed by atoms with E-state index in [9.17, 15) is 0 Å². The van der Waals surface area contributed by atoms with Crippen LogP contribution < -0.4 is 5.32 Å². The molecule has 0 amide bonds. The Morgan fingerprint density at radius 3 is 2.76 bits per heavy atom. The number of thioether (sulfide) groups is 1. The van der Waals surface area contributed by atoms with Crippen LogP contribution in [0.1, 0.15) is 32.6 Å². The van der Waals surface area contributed by atoms with Crippen LogP contribution >= 0.6 is 11.8 Å². The fraction of sp³-hybridized carbons (Fsp3) is 1.00. The number of nitrogens with one attached hydrogen (secondary N) is 1. The highest BCUT2D eigenvalue weighted by atomic mass is 32.2.